The zero-order chi connectivity index (χ0) is 68.3. The number of likely N-dealkylation sites (N-methyl/N-ethyl adjacent to an activating group) is 1. The molecule has 94 heavy (non-hydrogen) atoms. The zero-order valence-corrected chi connectivity index (χ0v) is 53.3. The fourth-order valence-electron chi connectivity index (χ4n) is 12.7. The van der Waals surface area contributed by atoms with Crippen LogP contribution in [0.4, 0.5) is 0 Å². The largest absolute Gasteiger partial charge is 0.508 e. The maximum absolute atomic E-state index is 15.0. The Morgan fingerprint density at radius 2 is 1.26 bits per heavy atom. The number of nitrogens with one attached hydrogen (secondary N) is 5. The van der Waals surface area contributed by atoms with Crippen LogP contribution in [0.2, 0.25) is 0 Å². The maximum Gasteiger partial charge on any atom is 0.309 e. The molecule has 4 aliphatic rings. The van der Waals surface area contributed by atoms with E-state index in [2.05, 4.69) is 33.5 Å². The van der Waals surface area contributed by atoms with Crippen molar-refractivity contribution in [1.82, 2.24) is 36.4 Å². The third-order valence-corrected chi connectivity index (χ3v) is 18.4. The monoisotopic (exact) mass is 1310 g/mol. The van der Waals surface area contributed by atoms with Crippen LogP contribution >= 0.6 is 0 Å². The van der Waals surface area contributed by atoms with Crippen LogP contribution < -0.4 is 31.3 Å². The summed E-state index contributed by atoms with van der Waals surface area (Å²) in [7, 11) is 1.83. The van der Waals surface area contributed by atoms with Gasteiger partial charge in [-0.1, -0.05) is 87.4 Å². The van der Waals surface area contributed by atoms with E-state index in [4.69, 9.17) is 9.47 Å². The Kier molecular flexibility index (Phi) is 24.3. The number of aliphatic hydroxyl groups excluding tert-OH is 7. The molecule has 4 fully saturated rings. The minimum absolute atomic E-state index is 0.0161. The van der Waals surface area contributed by atoms with Gasteiger partial charge in [-0.15, -0.1) is 0 Å². The van der Waals surface area contributed by atoms with Gasteiger partial charge in [-0.2, -0.15) is 0 Å². The maximum atomic E-state index is 15.0. The van der Waals surface area contributed by atoms with Crippen LogP contribution in [0.5, 0.6) is 11.5 Å². The number of aliphatic hydroxyl groups is 7. The minimum atomic E-state index is -2.31. The number of hydrogen-bond acceptors (Lipinski definition) is 18. The first-order valence-electron chi connectivity index (χ1n) is 32.0. The van der Waals surface area contributed by atoms with Crippen molar-refractivity contribution in [2.24, 2.45) is 5.92 Å². The number of phenols is 1. The number of fused-ring (bicyclic) bond motifs is 2. The smallest absolute Gasteiger partial charge is 0.309 e. The van der Waals surface area contributed by atoms with E-state index in [1.165, 1.54) is 31.2 Å². The van der Waals surface area contributed by atoms with Crippen LogP contribution in [0.1, 0.15) is 101 Å². The first kappa shape index (κ1) is 71.7. The lowest BCUT2D eigenvalue weighted by Crippen LogP contribution is -2.64. The Hall–Kier alpha value is -8.12. The molecule has 0 aromatic heterocycles. The molecular weight excluding hydrogens is 1220 g/mol. The number of carboxylic acids is 1. The van der Waals surface area contributed by atoms with E-state index < -0.39 is 164 Å². The standard InChI is InChI=1S/C67H88N8O19/c1-6-7-8-30-93-48-25-21-42(22-26-48)40-13-11-39(12-14-40)41-15-17-44(18-16-41)60(86)68-49-32-51(80)65(94-35-45-10-9-28-75(45,5)29-27-52(81)82)72-64(90)56-57(83)36(2)33-74(56)67(92)54(38(4)77)70-63(89)55(59(85)58(84)43-19-23-46(78)24-20-43)71-62(88)50-31-47(79)34-73(50)66(91)53(37(3)76)69-61(49)87/h11-26,36-38,45,47,49-51,53-59,65,76-77,79-80,83-85H,6-10,27-35H2,1-5H3,(H6-,68,69,70,71,72,78,81,82,86,87,88,89,90)/p+1/t36-,37+,38+,45+,47+,49-,50-,51+,53-,54-,55-,56-,57-,58-,59-,65+,75?/m0/s1. The Morgan fingerprint density at radius 1 is 0.691 bits per heavy atom. The van der Waals surface area contributed by atoms with Gasteiger partial charge in [-0.25, -0.2) is 0 Å². The molecule has 8 rings (SSSR count). The van der Waals surface area contributed by atoms with Crippen molar-refractivity contribution >= 4 is 47.3 Å². The number of carboxylic acid groups (broad SMARTS) is 1. The quantitative estimate of drug-likeness (QED) is 0.0415. The van der Waals surface area contributed by atoms with Crippen molar-refractivity contribution < 1.29 is 98.3 Å². The summed E-state index contributed by atoms with van der Waals surface area (Å²) < 4.78 is 12.5. The number of nitrogens with zero attached hydrogens (tertiary/aromatic N) is 3. The molecule has 14 N–H and O–H groups in total. The van der Waals surface area contributed by atoms with Gasteiger partial charge < -0.3 is 96.3 Å². The van der Waals surface area contributed by atoms with Crippen molar-refractivity contribution in [1.29, 1.82) is 0 Å². The molecule has 510 valence electrons. The lowest BCUT2D eigenvalue weighted by molar-refractivity contribution is -0.921. The zero-order valence-electron chi connectivity index (χ0n) is 53.3. The normalized spacial score (nSPS) is 28.7. The predicted molar refractivity (Wildman–Crippen MR) is 338 cm³/mol. The van der Waals surface area contributed by atoms with E-state index >= 15 is 0 Å². The molecule has 0 bridgehead atoms. The molecule has 4 aromatic carbocycles. The molecule has 7 amide bonds. The van der Waals surface area contributed by atoms with Gasteiger partial charge in [0.15, 0.2) is 6.23 Å². The van der Waals surface area contributed by atoms with Crippen LogP contribution in [0, 0.1) is 5.92 Å². The van der Waals surface area contributed by atoms with Crippen molar-refractivity contribution in [2.45, 2.75) is 170 Å². The predicted octanol–water partition coefficient (Wildman–Crippen LogP) is 0.181. The summed E-state index contributed by atoms with van der Waals surface area (Å²) >= 11 is 0. The molecule has 4 heterocycles. The van der Waals surface area contributed by atoms with Crippen LogP contribution in [0.25, 0.3) is 22.3 Å². The second-order valence-corrected chi connectivity index (χ2v) is 25.5. The summed E-state index contributed by atoms with van der Waals surface area (Å²) in [5.41, 5.74) is 3.36. The van der Waals surface area contributed by atoms with Gasteiger partial charge in [0.2, 0.25) is 35.4 Å². The van der Waals surface area contributed by atoms with Crippen LogP contribution in [0.15, 0.2) is 97.1 Å². The molecule has 4 saturated heterocycles. The molecule has 27 nitrogen and oxygen atoms in total. The summed E-state index contributed by atoms with van der Waals surface area (Å²) in [5.74, 6) is -9.59. The van der Waals surface area contributed by atoms with Crippen LogP contribution in [0.3, 0.4) is 0 Å². The van der Waals surface area contributed by atoms with Crippen molar-refractivity contribution in [3.05, 3.63) is 108 Å². The fourth-order valence-corrected chi connectivity index (χ4v) is 12.7. The van der Waals surface area contributed by atoms with Gasteiger partial charge in [0.05, 0.1) is 57.6 Å². The molecule has 27 heteroatoms. The average molecular weight is 1310 g/mol. The number of rotatable bonds is 20. The topological polar surface area (TPSA) is 404 Å². The number of ether oxygens (including phenoxy) is 2. The van der Waals surface area contributed by atoms with Gasteiger partial charge >= 0.3 is 5.97 Å². The molecule has 0 spiro atoms. The number of quaternary nitrogens is 1. The number of hydrogen-bond donors (Lipinski definition) is 14. The molecule has 1 unspecified atom stereocenters. The number of phenolic OH excluding ortho intramolecular Hbond substituents is 1. The Morgan fingerprint density at radius 3 is 1.84 bits per heavy atom. The molecule has 0 aliphatic carbocycles. The highest BCUT2D eigenvalue weighted by Gasteiger charge is 2.51. The first-order valence-corrected chi connectivity index (χ1v) is 32.0. The van der Waals surface area contributed by atoms with E-state index in [9.17, 15) is 84.3 Å². The SMILES string of the molecule is CCCCCOc1ccc(-c2ccc(-c3ccc(C(=O)N[C@H]4C[C@@H](O)[C@@H](OC[C@H]5CCC[N+]5(C)CCC(=O)O)NC(=O)[C@@H]5[C@@H](O)[C@@H](C)CN5C(=O)[C@H]([C@@H](C)O)NC(=O)[C@H]([C@H](O)[C@@H](O)c5ccc(O)cc5)NC(=O)[C@@H]5C[C@@H](O)CN5C(=O)[C@H]([C@@H](C)O)NC4=O)cc3)cc2)cc1. The molecule has 17 atom stereocenters. The van der Waals surface area contributed by atoms with Gasteiger partial charge in [0.25, 0.3) is 5.91 Å². The van der Waals surface area contributed by atoms with Crippen molar-refractivity contribution in [3.8, 4) is 33.8 Å². The highest BCUT2D eigenvalue weighted by Crippen LogP contribution is 2.31. The molecule has 0 radical (unpaired) electrons. The summed E-state index contributed by atoms with van der Waals surface area (Å²) in [6.45, 7) is 6.00. The number of unbranched alkanes of at least 4 members (excludes halogenated alkanes) is 2. The fraction of sp³-hybridized carbons (Fsp3) is 0.522. The second-order valence-electron chi connectivity index (χ2n) is 25.5. The van der Waals surface area contributed by atoms with Gasteiger partial charge in [0.1, 0.15) is 78.7 Å². The lowest BCUT2D eigenvalue weighted by Gasteiger charge is -2.37. The summed E-state index contributed by atoms with van der Waals surface area (Å²) in [6, 6.07) is 14.4. The third-order valence-electron chi connectivity index (χ3n) is 18.4. The number of benzene rings is 4. The molecule has 4 aromatic rings. The van der Waals surface area contributed by atoms with Crippen molar-refractivity contribution in [3.63, 3.8) is 0 Å². The number of likely N-dealkylation sites (tertiary alicyclic amines) is 1. The van der Waals surface area contributed by atoms with E-state index in [1.807, 2.05) is 55.6 Å². The van der Waals surface area contributed by atoms with E-state index in [0.717, 1.165) is 77.5 Å². The van der Waals surface area contributed by atoms with E-state index in [1.54, 1.807) is 12.1 Å². The van der Waals surface area contributed by atoms with Crippen LogP contribution in [-0.2, 0) is 38.3 Å². The Balaban J connectivity index is 1.15. The summed E-state index contributed by atoms with van der Waals surface area (Å²) in [5, 5.41) is 113. The number of carbonyl (C=O) groups excluding carboxylic acids is 7. The van der Waals surface area contributed by atoms with Crippen molar-refractivity contribution in [2.75, 3.05) is 46.4 Å². The minimum Gasteiger partial charge on any atom is -0.508 e. The number of aromatic hydroxyl groups is 1. The third kappa shape index (κ3) is 17.4. The molecule has 4 aliphatic heterocycles. The van der Waals surface area contributed by atoms with E-state index in [0.29, 0.717) is 31.6 Å². The van der Waals surface area contributed by atoms with Gasteiger partial charge in [-0.05, 0) is 84.5 Å². The van der Waals surface area contributed by atoms with Gasteiger partial charge in [0, 0.05) is 50.3 Å². The Bertz CT molecular complexity index is 3290. The number of amides is 7. The van der Waals surface area contributed by atoms with Crippen LogP contribution in [-0.4, -0.2) is 239 Å². The van der Waals surface area contributed by atoms with Gasteiger partial charge in [-0.3, -0.25) is 38.4 Å². The number of carbonyl (C=O) groups is 8. The Labute approximate surface area is 544 Å². The average Bonchev–Trinajstić information content (AvgIpc) is 1.53. The molecular formula is C67H89N8O19+. The summed E-state index contributed by atoms with van der Waals surface area (Å²) in [6.07, 6.45) is -12.2. The second kappa shape index (κ2) is 31.9. The summed E-state index contributed by atoms with van der Waals surface area (Å²) in [4.78, 5) is 117. The first-order chi connectivity index (χ1) is 44.7. The highest BCUT2D eigenvalue weighted by molar-refractivity contribution is 6.00. The highest BCUT2D eigenvalue weighted by atomic mass is 16.5. The molecule has 0 saturated carbocycles. The number of aliphatic carboxylic acids is 1. The lowest BCUT2D eigenvalue weighted by atomic mass is 9.96. The van der Waals surface area contributed by atoms with E-state index in [-0.39, 0.29) is 47.5 Å².